The normalized spacial score (nSPS) is 20.4. The zero-order valence-corrected chi connectivity index (χ0v) is 57.7. The van der Waals surface area contributed by atoms with Crippen molar-refractivity contribution in [3.63, 3.8) is 0 Å². The second kappa shape index (κ2) is 36.4. The fourth-order valence-corrected chi connectivity index (χ4v) is 11.7. The molecule has 7 N–H and O–H groups in total. The lowest BCUT2D eigenvalue weighted by molar-refractivity contribution is -0.149. The molecule has 13 amide bonds. The lowest BCUT2D eigenvalue weighted by Crippen LogP contribution is -2.64. The molecule has 0 aliphatic carbocycles. The van der Waals surface area contributed by atoms with E-state index < -0.39 is 157 Å². The fourth-order valence-electron chi connectivity index (χ4n) is 11.7. The van der Waals surface area contributed by atoms with Crippen molar-refractivity contribution >= 4 is 94.4 Å². The van der Waals surface area contributed by atoms with Crippen LogP contribution in [0.4, 0.5) is 5.69 Å². The van der Waals surface area contributed by atoms with Gasteiger partial charge in [0.2, 0.25) is 53.2 Å². The summed E-state index contributed by atoms with van der Waals surface area (Å²) in [5, 5.41) is 18.3. The Balaban J connectivity index is 1.31. The number of carbonyl (C=O) groups excluding carboxylic acids is 15. The summed E-state index contributed by atoms with van der Waals surface area (Å²) in [4.78, 5) is 208. The molecule has 0 bridgehead atoms. The maximum Gasteiger partial charge on any atom is 0.328 e. The number of anilines is 1. The molecule has 1 fully saturated rings. The highest BCUT2D eigenvalue weighted by Crippen LogP contribution is 2.32. The Kier molecular flexibility index (Phi) is 29.5. The van der Waals surface area contributed by atoms with Crippen molar-refractivity contribution < 1.29 is 90.9 Å². The topological polar surface area (TPSA) is 393 Å². The first kappa shape index (κ1) is 78.7. The number of hydrogen-bond donors (Lipinski definition) is 7. The predicted octanol–water partition coefficient (Wildman–Crippen LogP) is -0.462. The van der Waals surface area contributed by atoms with Crippen LogP contribution in [0.15, 0.2) is 42.5 Å². The molecule has 534 valence electrons. The van der Waals surface area contributed by atoms with Crippen molar-refractivity contribution in [2.24, 2.45) is 17.8 Å². The molecule has 0 radical (unpaired) electrons. The van der Waals surface area contributed by atoms with Crippen LogP contribution in [-0.4, -0.2) is 242 Å². The highest BCUT2D eigenvalue weighted by atomic mass is 16.5. The molecule has 1 aromatic carbocycles. The Labute approximate surface area is 564 Å². The number of carbonyl (C=O) groups is 15. The Bertz CT molecular complexity index is 3150. The molecule has 0 aromatic heterocycles. The van der Waals surface area contributed by atoms with E-state index in [4.69, 9.17) is 18.9 Å². The number of benzene rings is 1. The maximum absolute atomic E-state index is 14.6. The molecule has 31 nitrogen and oxygen atoms in total. The summed E-state index contributed by atoms with van der Waals surface area (Å²) in [5.74, 6) is -12.1. The van der Waals surface area contributed by atoms with Gasteiger partial charge >= 0.3 is 11.9 Å². The monoisotopic (exact) mass is 1360 g/mol. The standard InChI is InChI=1S/C66H96N12O19/c1-14-38(4)58(75(10)63(91)55(37(2)3)73-65(93)66(6,7)74(8)9)45(94-11)36-53(86)76-31-17-18-43(76)59(95-12)39(5)60(88)70-42(64(92)96-13)35-40-21-22-44-41(34-40)69-46(79)19-15-29-67-61(89)56(71-47(80)27-32-77-49(82)23-24-50(77)83)57(62(90)68-30-16-20-54(87)97-44)72-48(81)28-33-78-51(84)25-26-52(78)85/h21-26,34,37-39,42-43,45,55-59H,14-20,27-33,35-36H2,1-13H3,(H,67,89)(H,68,90)(H,69,79)(H,70,88)(H,71,80)(H,72,81)(H,73,93)/t38-,39+,42-,43-,45+,55-,56?,57?,58-,59+/m0/s1. The van der Waals surface area contributed by atoms with Crippen LogP contribution < -0.4 is 42.0 Å². The van der Waals surface area contributed by atoms with Gasteiger partial charge < -0.3 is 66.0 Å². The van der Waals surface area contributed by atoms with Gasteiger partial charge in [-0.3, -0.25) is 81.8 Å². The van der Waals surface area contributed by atoms with Gasteiger partial charge in [-0.25, -0.2) is 4.79 Å². The van der Waals surface area contributed by atoms with E-state index in [2.05, 4.69) is 37.2 Å². The van der Waals surface area contributed by atoms with Gasteiger partial charge in [0.15, 0.2) is 5.75 Å². The molecule has 4 heterocycles. The molecule has 0 spiro atoms. The van der Waals surface area contributed by atoms with Crippen molar-refractivity contribution in [3.05, 3.63) is 48.1 Å². The van der Waals surface area contributed by atoms with Crippen LogP contribution in [0.5, 0.6) is 5.75 Å². The first-order valence-corrected chi connectivity index (χ1v) is 32.6. The van der Waals surface area contributed by atoms with Gasteiger partial charge in [0.1, 0.15) is 24.2 Å². The van der Waals surface area contributed by atoms with Gasteiger partial charge in [-0.2, -0.15) is 0 Å². The van der Waals surface area contributed by atoms with Crippen molar-refractivity contribution in [2.45, 2.75) is 173 Å². The van der Waals surface area contributed by atoms with Crippen molar-refractivity contribution in [1.29, 1.82) is 0 Å². The Morgan fingerprint density at radius 1 is 0.732 bits per heavy atom. The van der Waals surface area contributed by atoms with Crippen LogP contribution in [0.3, 0.4) is 0 Å². The third kappa shape index (κ3) is 21.3. The first-order chi connectivity index (χ1) is 45.8. The van der Waals surface area contributed by atoms with Crippen LogP contribution >= 0.6 is 0 Å². The van der Waals surface area contributed by atoms with Crippen LogP contribution in [0, 0.1) is 17.8 Å². The number of likely N-dealkylation sites (tertiary alicyclic amines) is 1. The zero-order chi connectivity index (χ0) is 72.2. The van der Waals surface area contributed by atoms with E-state index in [0.29, 0.717) is 31.4 Å². The number of fused-ring (bicyclic) bond motifs is 1. The minimum absolute atomic E-state index is 0.0235. The Morgan fingerprint density at radius 2 is 1.28 bits per heavy atom. The average Bonchev–Trinajstić information content (AvgIpc) is 1.76. The van der Waals surface area contributed by atoms with Gasteiger partial charge in [-0.15, -0.1) is 0 Å². The summed E-state index contributed by atoms with van der Waals surface area (Å²) < 4.78 is 22.9. The minimum atomic E-state index is -1.88. The summed E-state index contributed by atoms with van der Waals surface area (Å²) in [5.41, 5.74) is -0.594. The van der Waals surface area contributed by atoms with E-state index in [9.17, 15) is 71.9 Å². The maximum atomic E-state index is 14.6. The molecular formula is C66H96N12O19. The van der Waals surface area contributed by atoms with Crippen LogP contribution in [-0.2, 0) is 92.5 Å². The number of likely N-dealkylation sites (N-methyl/N-ethyl adjacent to an activating group) is 2. The molecule has 1 saturated heterocycles. The van der Waals surface area contributed by atoms with Gasteiger partial charge in [0.05, 0.1) is 55.0 Å². The van der Waals surface area contributed by atoms with Gasteiger partial charge in [0.25, 0.3) is 23.6 Å². The second-order valence-electron chi connectivity index (χ2n) is 25.6. The quantitative estimate of drug-likeness (QED) is 0.0317. The van der Waals surface area contributed by atoms with Gasteiger partial charge in [-0.1, -0.05) is 47.1 Å². The molecule has 2 unspecified atom stereocenters. The number of ether oxygens (including phenoxy) is 4. The van der Waals surface area contributed by atoms with E-state index in [1.807, 2.05) is 27.7 Å². The Hall–Kier alpha value is -8.97. The number of nitrogens with one attached hydrogen (secondary N) is 7. The zero-order valence-electron chi connectivity index (χ0n) is 57.7. The second-order valence-corrected chi connectivity index (χ2v) is 25.6. The summed E-state index contributed by atoms with van der Waals surface area (Å²) in [7, 11) is 9.25. The third-order valence-corrected chi connectivity index (χ3v) is 18.1. The van der Waals surface area contributed by atoms with E-state index in [-0.39, 0.29) is 92.6 Å². The molecule has 31 heteroatoms. The molecule has 5 rings (SSSR count). The largest absolute Gasteiger partial charge is 0.467 e. The number of methoxy groups -OCH3 is 3. The highest BCUT2D eigenvalue weighted by molar-refractivity contribution is 6.14. The van der Waals surface area contributed by atoms with Crippen molar-refractivity contribution in [1.82, 2.24) is 56.4 Å². The van der Waals surface area contributed by atoms with Gasteiger partial charge in [-0.05, 0) is 83.2 Å². The summed E-state index contributed by atoms with van der Waals surface area (Å²) in [6.45, 7) is 11.8. The number of esters is 2. The fraction of sp³-hybridized carbons (Fsp3) is 0.621. The van der Waals surface area contributed by atoms with Crippen LogP contribution in [0.2, 0.25) is 0 Å². The SMILES string of the molecule is CC[C@H](C)[C@@H]([C@@H](CC(=O)N1CCC[C@H]1[C@H](OC)[C@@H](C)C(=O)N[C@@H](Cc1ccc2c(c1)NC(=O)CCCNC(=O)C(NC(=O)CCN1C(=O)C=CC1=O)C(NC(=O)CCN1C(=O)C=CC1=O)C(=O)NCCCC(=O)O2)C(=O)OC)OC)N(C)C(=O)[C@@H](NC(=O)C(C)(C)N(C)C)C(C)C. The highest BCUT2D eigenvalue weighted by Gasteiger charge is 2.45. The minimum Gasteiger partial charge on any atom is -0.467 e. The van der Waals surface area contributed by atoms with E-state index in [1.54, 1.807) is 56.6 Å². The number of hydrogen-bond acceptors (Lipinski definition) is 20. The molecule has 4 aliphatic rings. The lowest BCUT2D eigenvalue weighted by Gasteiger charge is -2.41. The van der Waals surface area contributed by atoms with Crippen LogP contribution in [0.25, 0.3) is 0 Å². The van der Waals surface area contributed by atoms with Crippen molar-refractivity contribution in [2.75, 3.05) is 80.5 Å². The molecule has 10 atom stereocenters. The summed E-state index contributed by atoms with van der Waals surface area (Å²) in [6, 6.07) is -2.87. The molecule has 97 heavy (non-hydrogen) atoms. The number of imide groups is 2. The number of nitrogens with zero attached hydrogens (tertiary/aromatic N) is 5. The summed E-state index contributed by atoms with van der Waals surface area (Å²) >= 11 is 0. The molecule has 0 saturated carbocycles. The molecule has 1 aromatic rings. The summed E-state index contributed by atoms with van der Waals surface area (Å²) in [6.07, 6.45) is 1.80. The van der Waals surface area contributed by atoms with Crippen molar-refractivity contribution in [3.8, 4) is 5.75 Å². The van der Waals surface area contributed by atoms with Gasteiger partial charge in [0, 0.05) is 110 Å². The lowest BCUT2D eigenvalue weighted by atomic mass is 9.89. The van der Waals surface area contributed by atoms with E-state index in [1.165, 1.54) is 32.4 Å². The number of amides is 13. The van der Waals surface area contributed by atoms with Crippen LogP contribution in [0.1, 0.15) is 118 Å². The number of rotatable bonds is 28. The first-order valence-electron chi connectivity index (χ1n) is 32.6. The molecular weight excluding hydrogens is 1260 g/mol. The van der Waals surface area contributed by atoms with E-state index >= 15 is 0 Å². The van der Waals surface area contributed by atoms with E-state index in [0.717, 1.165) is 41.2 Å². The smallest absolute Gasteiger partial charge is 0.328 e. The molecule has 4 aliphatic heterocycles. The average molecular weight is 1360 g/mol. The third-order valence-electron chi connectivity index (χ3n) is 18.1. The Morgan fingerprint density at radius 3 is 1.77 bits per heavy atom. The predicted molar refractivity (Wildman–Crippen MR) is 348 cm³/mol.